The number of nitrogens with one attached hydrogen (secondary N) is 1. The number of hydrogen-bond donors (Lipinski definition) is 2. The van der Waals surface area contributed by atoms with E-state index in [1.807, 2.05) is 48.7 Å². The maximum atomic E-state index is 12.4. The Balaban J connectivity index is 1.52. The van der Waals surface area contributed by atoms with Gasteiger partial charge in [-0.15, -0.1) is 0 Å². The lowest BCUT2D eigenvalue weighted by Crippen LogP contribution is -2.39. The van der Waals surface area contributed by atoms with Crippen LogP contribution in [0.25, 0.3) is 0 Å². The third-order valence-electron chi connectivity index (χ3n) is 4.48. The molecule has 0 radical (unpaired) electrons. The molecule has 1 aliphatic rings. The Kier molecular flexibility index (Phi) is 6.57. The first-order valence-corrected chi connectivity index (χ1v) is 8.98. The van der Waals surface area contributed by atoms with E-state index in [-0.39, 0.29) is 18.6 Å². The van der Waals surface area contributed by atoms with Crippen LogP contribution in [0, 0.1) is 5.92 Å². The molecular formula is C20H25N3O3. The second kappa shape index (κ2) is 9.31. The smallest absolute Gasteiger partial charge is 0.321 e. The van der Waals surface area contributed by atoms with Crippen LogP contribution in [0.5, 0.6) is 0 Å². The summed E-state index contributed by atoms with van der Waals surface area (Å²) in [6.07, 6.45) is 3.61. The topological polar surface area (TPSA) is 74.7 Å². The van der Waals surface area contributed by atoms with Crippen LogP contribution in [-0.4, -0.2) is 53.9 Å². The molecule has 2 heterocycles. The normalized spacial score (nSPS) is 17.6. The van der Waals surface area contributed by atoms with Gasteiger partial charge in [-0.2, -0.15) is 0 Å². The van der Waals surface area contributed by atoms with E-state index in [2.05, 4.69) is 10.3 Å². The standard InChI is InChI=1S/C20H25N3O3/c24-14-17-13-23(11-12-26-15-17)20(25)22-19-8-5-16(6-9-19)4-7-18-3-1-2-10-21-18/h1-3,5-6,8-10,17,24H,4,7,11-15H2,(H,22,25)/t17-/m0/s1. The molecule has 3 rings (SSSR count). The van der Waals surface area contributed by atoms with Gasteiger partial charge in [0.2, 0.25) is 0 Å². The van der Waals surface area contributed by atoms with Gasteiger partial charge in [-0.25, -0.2) is 4.79 Å². The third kappa shape index (κ3) is 5.28. The van der Waals surface area contributed by atoms with E-state index in [1.54, 1.807) is 4.90 Å². The minimum atomic E-state index is -0.157. The van der Waals surface area contributed by atoms with Gasteiger partial charge in [0.25, 0.3) is 0 Å². The van der Waals surface area contributed by atoms with Crippen molar-refractivity contribution in [3.8, 4) is 0 Å². The lowest BCUT2D eigenvalue weighted by molar-refractivity contribution is 0.0958. The number of rotatable bonds is 5. The molecule has 1 saturated heterocycles. The van der Waals surface area contributed by atoms with Crippen LogP contribution in [0.15, 0.2) is 48.7 Å². The van der Waals surface area contributed by atoms with Crippen LogP contribution in [0.4, 0.5) is 10.5 Å². The van der Waals surface area contributed by atoms with Gasteiger partial charge >= 0.3 is 6.03 Å². The minimum absolute atomic E-state index is 0.0226. The Morgan fingerprint density at radius 3 is 2.81 bits per heavy atom. The first-order valence-electron chi connectivity index (χ1n) is 8.98. The fourth-order valence-electron chi connectivity index (χ4n) is 2.95. The van der Waals surface area contributed by atoms with Crippen LogP contribution in [-0.2, 0) is 17.6 Å². The first-order chi connectivity index (χ1) is 12.7. The number of aliphatic hydroxyl groups is 1. The number of ether oxygens (including phenoxy) is 1. The van der Waals surface area contributed by atoms with Crippen molar-refractivity contribution in [1.29, 1.82) is 0 Å². The van der Waals surface area contributed by atoms with Crippen molar-refractivity contribution in [1.82, 2.24) is 9.88 Å². The van der Waals surface area contributed by atoms with E-state index in [0.717, 1.165) is 24.2 Å². The average Bonchev–Trinajstić information content (AvgIpc) is 2.94. The summed E-state index contributed by atoms with van der Waals surface area (Å²) in [5.74, 6) is -0.0303. The third-order valence-corrected chi connectivity index (χ3v) is 4.48. The molecule has 0 spiro atoms. The average molecular weight is 355 g/mol. The maximum absolute atomic E-state index is 12.4. The van der Waals surface area contributed by atoms with Crippen molar-refractivity contribution < 1.29 is 14.6 Å². The molecule has 2 amide bonds. The predicted octanol–water partition coefficient (Wildman–Crippen LogP) is 2.34. The minimum Gasteiger partial charge on any atom is -0.396 e. The second-order valence-corrected chi connectivity index (χ2v) is 6.52. The van der Waals surface area contributed by atoms with Gasteiger partial charge in [0.05, 0.1) is 13.2 Å². The number of carbonyl (C=O) groups excluding carboxylic acids is 1. The number of nitrogens with zero attached hydrogens (tertiary/aromatic N) is 2. The highest BCUT2D eigenvalue weighted by Gasteiger charge is 2.22. The number of amides is 2. The molecule has 1 aliphatic heterocycles. The van der Waals surface area contributed by atoms with Crippen molar-refractivity contribution in [2.45, 2.75) is 12.8 Å². The number of anilines is 1. The van der Waals surface area contributed by atoms with Gasteiger partial charge in [0, 0.05) is 43.2 Å². The molecule has 6 heteroatoms. The number of urea groups is 1. The van der Waals surface area contributed by atoms with Crippen LogP contribution in [0.1, 0.15) is 11.3 Å². The zero-order chi connectivity index (χ0) is 18.2. The summed E-state index contributed by atoms with van der Waals surface area (Å²) in [6, 6.07) is 13.7. The Hall–Kier alpha value is -2.44. The zero-order valence-corrected chi connectivity index (χ0v) is 14.8. The van der Waals surface area contributed by atoms with E-state index in [1.165, 1.54) is 5.56 Å². The van der Waals surface area contributed by atoms with Crippen LogP contribution >= 0.6 is 0 Å². The maximum Gasteiger partial charge on any atom is 0.321 e. The number of aliphatic hydroxyl groups excluding tert-OH is 1. The molecule has 6 nitrogen and oxygen atoms in total. The fraction of sp³-hybridized carbons (Fsp3) is 0.400. The quantitative estimate of drug-likeness (QED) is 0.863. The molecule has 26 heavy (non-hydrogen) atoms. The van der Waals surface area contributed by atoms with E-state index in [4.69, 9.17) is 4.74 Å². The van der Waals surface area contributed by atoms with Gasteiger partial charge in [-0.3, -0.25) is 4.98 Å². The monoisotopic (exact) mass is 355 g/mol. The van der Waals surface area contributed by atoms with Gasteiger partial charge in [0.15, 0.2) is 0 Å². The van der Waals surface area contributed by atoms with Crippen LogP contribution in [0.3, 0.4) is 0 Å². The number of pyridine rings is 1. The van der Waals surface area contributed by atoms with Crippen molar-refractivity contribution >= 4 is 11.7 Å². The SMILES string of the molecule is O=C(Nc1ccc(CCc2ccccn2)cc1)N1CCOC[C@H](CO)C1. The highest BCUT2D eigenvalue weighted by Crippen LogP contribution is 2.14. The summed E-state index contributed by atoms with van der Waals surface area (Å²) in [4.78, 5) is 18.5. The molecule has 1 fully saturated rings. The first kappa shape index (κ1) is 18.4. The summed E-state index contributed by atoms with van der Waals surface area (Å²) < 4.78 is 5.42. The molecule has 2 N–H and O–H groups in total. The van der Waals surface area contributed by atoms with Gasteiger partial charge in [-0.05, 0) is 42.7 Å². The fourth-order valence-corrected chi connectivity index (χ4v) is 2.95. The van der Waals surface area contributed by atoms with Crippen molar-refractivity contribution in [3.05, 3.63) is 59.9 Å². The lowest BCUT2D eigenvalue weighted by atomic mass is 10.1. The second-order valence-electron chi connectivity index (χ2n) is 6.52. The van der Waals surface area contributed by atoms with Crippen molar-refractivity contribution in [2.75, 3.05) is 38.2 Å². The molecule has 2 aromatic rings. The van der Waals surface area contributed by atoms with Crippen molar-refractivity contribution in [3.63, 3.8) is 0 Å². The Morgan fingerprint density at radius 1 is 1.23 bits per heavy atom. The van der Waals surface area contributed by atoms with Crippen molar-refractivity contribution in [2.24, 2.45) is 5.92 Å². The number of aromatic nitrogens is 1. The molecule has 0 aliphatic carbocycles. The van der Waals surface area contributed by atoms with E-state index < -0.39 is 0 Å². The van der Waals surface area contributed by atoms with Gasteiger partial charge in [0.1, 0.15) is 0 Å². The number of benzene rings is 1. The molecule has 138 valence electrons. The van der Waals surface area contributed by atoms with E-state index in [0.29, 0.717) is 26.3 Å². The van der Waals surface area contributed by atoms with Gasteiger partial charge in [-0.1, -0.05) is 18.2 Å². The Morgan fingerprint density at radius 2 is 2.08 bits per heavy atom. The van der Waals surface area contributed by atoms with Gasteiger partial charge < -0.3 is 20.1 Å². The zero-order valence-electron chi connectivity index (χ0n) is 14.8. The molecule has 1 atom stereocenters. The Labute approximate surface area is 153 Å². The van der Waals surface area contributed by atoms with E-state index >= 15 is 0 Å². The summed E-state index contributed by atoms with van der Waals surface area (Å²) in [6.45, 7) is 2.05. The highest BCUT2D eigenvalue weighted by molar-refractivity contribution is 5.89. The molecule has 1 aromatic heterocycles. The van der Waals surface area contributed by atoms with Crippen LogP contribution < -0.4 is 5.32 Å². The molecule has 0 bridgehead atoms. The predicted molar refractivity (Wildman–Crippen MR) is 100 cm³/mol. The largest absolute Gasteiger partial charge is 0.396 e. The lowest BCUT2D eigenvalue weighted by Gasteiger charge is -2.23. The summed E-state index contributed by atoms with van der Waals surface area (Å²) in [5, 5.41) is 12.2. The van der Waals surface area contributed by atoms with E-state index in [9.17, 15) is 9.90 Å². The number of aryl methyl sites for hydroxylation is 2. The number of carbonyl (C=O) groups is 1. The van der Waals surface area contributed by atoms with Crippen LogP contribution in [0.2, 0.25) is 0 Å². The molecule has 0 saturated carbocycles. The Bertz CT molecular complexity index is 691. The number of hydrogen-bond acceptors (Lipinski definition) is 4. The molecule has 0 unspecified atom stereocenters. The highest BCUT2D eigenvalue weighted by atomic mass is 16.5. The summed E-state index contributed by atoms with van der Waals surface area (Å²) >= 11 is 0. The molecular weight excluding hydrogens is 330 g/mol. The molecule has 1 aromatic carbocycles. The summed E-state index contributed by atoms with van der Waals surface area (Å²) in [7, 11) is 0. The summed E-state index contributed by atoms with van der Waals surface area (Å²) in [5.41, 5.74) is 3.05.